The Morgan fingerprint density at radius 3 is 2.78 bits per heavy atom. The summed E-state index contributed by atoms with van der Waals surface area (Å²) in [5.41, 5.74) is 7.32. The van der Waals surface area contributed by atoms with Crippen LogP contribution in [0.4, 0.5) is 0 Å². The molecule has 0 unspecified atom stereocenters. The molecule has 3 heterocycles. The molecule has 2 N–H and O–H groups in total. The summed E-state index contributed by atoms with van der Waals surface area (Å²) in [7, 11) is 0. The third-order valence-corrected chi connectivity index (χ3v) is 4.41. The average molecular weight is 247 g/mol. The molecule has 18 heavy (non-hydrogen) atoms. The predicted molar refractivity (Wildman–Crippen MR) is 70.5 cm³/mol. The summed E-state index contributed by atoms with van der Waals surface area (Å²) in [5, 5.41) is 0. The van der Waals surface area contributed by atoms with Crippen molar-refractivity contribution in [3.8, 4) is 5.75 Å². The Morgan fingerprint density at radius 2 is 2.17 bits per heavy atom. The fraction of sp³-hybridized carbons (Fsp3) is 0.643. The Balaban J connectivity index is 1.80. The zero-order chi connectivity index (χ0) is 12.8. The van der Waals surface area contributed by atoms with E-state index in [1.807, 2.05) is 6.07 Å². The van der Waals surface area contributed by atoms with Crippen LogP contribution >= 0.6 is 0 Å². The first kappa shape index (κ1) is 11.9. The van der Waals surface area contributed by atoms with Gasteiger partial charge in [-0.25, -0.2) is 0 Å². The van der Waals surface area contributed by atoms with Crippen molar-refractivity contribution in [1.82, 2.24) is 9.88 Å². The lowest BCUT2D eigenvalue weighted by atomic mass is 9.83. The van der Waals surface area contributed by atoms with Crippen LogP contribution < -0.4 is 10.5 Å². The predicted octanol–water partition coefficient (Wildman–Crippen LogP) is 1.72. The second kappa shape index (κ2) is 4.21. The monoisotopic (exact) mass is 247 g/mol. The highest BCUT2D eigenvalue weighted by atomic mass is 16.5. The van der Waals surface area contributed by atoms with E-state index < -0.39 is 0 Å². The second-order valence-electron chi connectivity index (χ2n) is 5.69. The molecule has 1 atom stereocenters. The minimum atomic E-state index is -0.198. The number of fused-ring (bicyclic) bond motifs is 1. The molecular formula is C14H21N3O. The van der Waals surface area contributed by atoms with Crippen LogP contribution in [-0.4, -0.2) is 34.6 Å². The van der Waals surface area contributed by atoms with Crippen LogP contribution in [0.15, 0.2) is 18.5 Å². The number of nitrogens with zero attached hydrogens (tertiary/aromatic N) is 2. The standard InChI is InChI=1S/C14H21N3O/c1-10(2)17-7-4-14(5-8-17)13(15)11-3-6-16-9-12(11)18-14/h3,6,9-10,13H,4-5,7-8,15H2,1-2H3/t13-/m1/s1. The van der Waals surface area contributed by atoms with E-state index in [-0.39, 0.29) is 11.6 Å². The fourth-order valence-electron chi connectivity index (χ4n) is 3.13. The van der Waals surface area contributed by atoms with Gasteiger partial charge in [-0.2, -0.15) is 0 Å². The van der Waals surface area contributed by atoms with Crippen LogP contribution in [-0.2, 0) is 0 Å². The first-order valence-electron chi connectivity index (χ1n) is 6.75. The van der Waals surface area contributed by atoms with Crippen molar-refractivity contribution in [3.63, 3.8) is 0 Å². The van der Waals surface area contributed by atoms with E-state index in [1.54, 1.807) is 12.4 Å². The van der Waals surface area contributed by atoms with Gasteiger partial charge in [0.15, 0.2) is 0 Å². The highest BCUT2D eigenvalue weighted by molar-refractivity contribution is 5.40. The van der Waals surface area contributed by atoms with Gasteiger partial charge in [0.1, 0.15) is 11.4 Å². The number of rotatable bonds is 1. The lowest BCUT2D eigenvalue weighted by Gasteiger charge is -2.42. The second-order valence-corrected chi connectivity index (χ2v) is 5.69. The van der Waals surface area contributed by atoms with Crippen molar-refractivity contribution in [2.45, 2.75) is 44.4 Å². The number of ether oxygens (including phenoxy) is 1. The Bertz CT molecular complexity index is 438. The molecule has 1 aromatic heterocycles. The Kier molecular flexibility index (Phi) is 2.79. The van der Waals surface area contributed by atoms with Crippen molar-refractivity contribution in [3.05, 3.63) is 24.0 Å². The zero-order valence-electron chi connectivity index (χ0n) is 11.1. The molecule has 98 valence electrons. The molecule has 0 aromatic carbocycles. The van der Waals surface area contributed by atoms with Crippen LogP contribution in [0.3, 0.4) is 0 Å². The van der Waals surface area contributed by atoms with Crippen LogP contribution in [0, 0.1) is 0 Å². The highest BCUT2D eigenvalue weighted by Gasteiger charge is 2.48. The van der Waals surface area contributed by atoms with E-state index in [0.29, 0.717) is 6.04 Å². The van der Waals surface area contributed by atoms with Gasteiger partial charge >= 0.3 is 0 Å². The molecule has 1 saturated heterocycles. The molecule has 0 saturated carbocycles. The van der Waals surface area contributed by atoms with Crippen molar-refractivity contribution in [2.24, 2.45) is 5.73 Å². The fourth-order valence-corrected chi connectivity index (χ4v) is 3.13. The van der Waals surface area contributed by atoms with Crippen LogP contribution in [0.1, 0.15) is 38.3 Å². The summed E-state index contributed by atoms with van der Waals surface area (Å²) in [5.74, 6) is 0.878. The van der Waals surface area contributed by atoms with Gasteiger partial charge < -0.3 is 15.4 Å². The number of aromatic nitrogens is 1. The quantitative estimate of drug-likeness (QED) is 0.821. The van der Waals surface area contributed by atoms with Crippen molar-refractivity contribution >= 4 is 0 Å². The van der Waals surface area contributed by atoms with Gasteiger partial charge in [-0.3, -0.25) is 4.98 Å². The first-order chi connectivity index (χ1) is 8.62. The van der Waals surface area contributed by atoms with Gasteiger partial charge in [0, 0.05) is 43.7 Å². The van der Waals surface area contributed by atoms with E-state index in [2.05, 4.69) is 23.7 Å². The summed E-state index contributed by atoms with van der Waals surface area (Å²) in [6.07, 6.45) is 5.59. The van der Waals surface area contributed by atoms with Crippen molar-refractivity contribution < 1.29 is 4.74 Å². The number of nitrogens with two attached hydrogens (primary N) is 1. The highest BCUT2D eigenvalue weighted by Crippen LogP contribution is 2.46. The smallest absolute Gasteiger partial charge is 0.143 e. The number of hydrogen-bond donors (Lipinski definition) is 1. The third-order valence-electron chi connectivity index (χ3n) is 4.41. The molecule has 0 bridgehead atoms. The molecule has 2 aliphatic rings. The first-order valence-corrected chi connectivity index (χ1v) is 6.75. The van der Waals surface area contributed by atoms with Gasteiger partial charge in [0.05, 0.1) is 12.2 Å². The molecule has 0 aliphatic carbocycles. The summed E-state index contributed by atoms with van der Waals surface area (Å²) in [6, 6.07) is 2.58. The van der Waals surface area contributed by atoms with Gasteiger partial charge in [-0.15, -0.1) is 0 Å². The van der Waals surface area contributed by atoms with E-state index in [4.69, 9.17) is 10.5 Å². The topological polar surface area (TPSA) is 51.4 Å². The van der Waals surface area contributed by atoms with E-state index >= 15 is 0 Å². The van der Waals surface area contributed by atoms with Gasteiger partial charge in [-0.1, -0.05) is 0 Å². The Labute approximate surface area is 108 Å². The Morgan fingerprint density at radius 1 is 1.44 bits per heavy atom. The minimum absolute atomic E-state index is 0.00943. The molecule has 4 nitrogen and oxygen atoms in total. The van der Waals surface area contributed by atoms with Gasteiger partial charge in [0.25, 0.3) is 0 Å². The Hall–Kier alpha value is -1.13. The summed E-state index contributed by atoms with van der Waals surface area (Å²) in [4.78, 5) is 6.61. The maximum atomic E-state index is 6.41. The third kappa shape index (κ3) is 1.71. The summed E-state index contributed by atoms with van der Waals surface area (Å²) in [6.45, 7) is 6.61. The summed E-state index contributed by atoms with van der Waals surface area (Å²) < 4.78 is 6.16. The number of piperidine rings is 1. The SMILES string of the molecule is CC(C)N1CCC2(CC1)Oc1cnccc1[C@H]2N. The van der Waals surface area contributed by atoms with Gasteiger partial charge in [0.2, 0.25) is 0 Å². The van der Waals surface area contributed by atoms with E-state index in [9.17, 15) is 0 Å². The zero-order valence-corrected chi connectivity index (χ0v) is 11.1. The summed E-state index contributed by atoms with van der Waals surface area (Å²) >= 11 is 0. The molecule has 1 fully saturated rings. The lowest BCUT2D eigenvalue weighted by Crippen LogP contribution is -2.52. The maximum absolute atomic E-state index is 6.41. The van der Waals surface area contributed by atoms with Crippen molar-refractivity contribution in [1.29, 1.82) is 0 Å². The maximum Gasteiger partial charge on any atom is 0.143 e. The normalized spacial score (nSPS) is 26.3. The van der Waals surface area contributed by atoms with Crippen molar-refractivity contribution in [2.75, 3.05) is 13.1 Å². The molecule has 1 aromatic rings. The largest absolute Gasteiger partial charge is 0.483 e. The molecule has 1 spiro atoms. The molecule has 2 aliphatic heterocycles. The molecular weight excluding hydrogens is 226 g/mol. The van der Waals surface area contributed by atoms with Gasteiger partial charge in [-0.05, 0) is 19.9 Å². The molecule has 3 rings (SSSR count). The average Bonchev–Trinajstić information content (AvgIpc) is 2.64. The number of likely N-dealkylation sites (tertiary alicyclic amines) is 1. The minimum Gasteiger partial charge on any atom is -0.483 e. The van der Waals surface area contributed by atoms with E-state index in [0.717, 1.165) is 37.2 Å². The van der Waals surface area contributed by atoms with Crippen LogP contribution in [0.2, 0.25) is 0 Å². The van der Waals surface area contributed by atoms with Crippen LogP contribution in [0.5, 0.6) is 5.75 Å². The van der Waals surface area contributed by atoms with E-state index in [1.165, 1.54) is 0 Å². The number of pyridine rings is 1. The molecule has 0 radical (unpaired) electrons. The lowest BCUT2D eigenvalue weighted by molar-refractivity contribution is -0.00703. The molecule has 4 heteroatoms. The van der Waals surface area contributed by atoms with Crippen LogP contribution in [0.25, 0.3) is 0 Å². The molecule has 0 amide bonds. The number of hydrogen-bond acceptors (Lipinski definition) is 4.